The van der Waals surface area contributed by atoms with Crippen molar-refractivity contribution in [2.45, 2.75) is 53.0 Å². The highest BCUT2D eigenvalue weighted by Gasteiger charge is 2.42. The summed E-state index contributed by atoms with van der Waals surface area (Å²) in [6, 6.07) is 3.92. The van der Waals surface area contributed by atoms with Gasteiger partial charge < -0.3 is 20.6 Å². The number of benzene rings is 1. The van der Waals surface area contributed by atoms with Gasteiger partial charge >= 0.3 is 0 Å². The van der Waals surface area contributed by atoms with Gasteiger partial charge in [-0.15, -0.1) is 0 Å². The van der Waals surface area contributed by atoms with Gasteiger partial charge in [0.1, 0.15) is 5.75 Å². The van der Waals surface area contributed by atoms with Crippen molar-refractivity contribution in [3.63, 3.8) is 0 Å². The molecule has 0 aliphatic heterocycles. The molecule has 0 atom stereocenters. The van der Waals surface area contributed by atoms with Gasteiger partial charge in [0.15, 0.2) is 5.96 Å². The third-order valence-corrected chi connectivity index (χ3v) is 5.33. The van der Waals surface area contributed by atoms with Crippen molar-refractivity contribution in [2.24, 2.45) is 10.4 Å². The van der Waals surface area contributed by atoms with Crippen LogP contribution in [0.3, 0.4) is 0 Å². The van der Waals surface area contributed by atoms with E-state index in [0.29, 0.717) is 18.8 Å². The van der Waals surface area contributed by atoms with Gasteiger partial charge in [-0.05, 0) is 50.3 Å². The number of phenolic OH excluding ortho intramolecular Hbond substituents is 1. The first kappa shape index (κ1) is 21.1. The molecule has 0 unspecified atom stereocenters. The Bertz CT molecular complexity index is 668. The molecule has 1 aliphatic rings. The Morgan fingerprint density at radius 3 is 2.30 bits per heavy atom. The number of aliphatic imine (C=N–C) groups is 1. The largest absolute Gasteiger partial charge is 0.507 e. The van der Waals surface area contributed by atoms with Crippen LogP contribution in [0.1, 0.15) is 49.3 Å². The summed E-state index contributed by atoms with van der Waals surface area (Å²) in [6.45, 7) is 7.71. The van der Waals surface area contributed by atoms with Crippen LogP contribution in [-0.4, -0.2) is 49.1 Å². The minimum absolute atomic E-state index is 0.202. The van der Waals surface area contributed by atoms with E-state index in [-0.39, 0.29) is 11.3 Å². The van der Waals surface area contributed by atoms with Crippen molar-refractivity contribution < 1.29 is 9.90 Å². The number of nitrogens with zero attached hydrogens (tertiary/aromatic N) is 2. The normalized spacial score (nSPS) is 16.3. The molecular weight excluding hydrogens is 340 g/mol. The zero-order valence-electron chi connectivity index (χ0n) is 17.4. The summed E-state index contributed by atoms with van der Waals surface area (Å²) >= 11 is 0. The summed E-state index contributed by atoms with van der Waals surface area (Å²) in [5.41, 5.74) is 2.45. The summed E-state index contributed by atoms with van der Waals surface area (Å²) < 4.78 is 0. The lowest BCUT2D eigenvalue weighted by atomic mass is 9.84. The lowest BCUT2D eigenvalue weighted by Crippen LogP contribution is -2.49. The SMILES string of the molecule is CCNC(=NCc1cc(C)c(O)c(C)c1)NCC1(C(=O)N(C)C)CCCC1. The van der Waals surface area contributed by atoms with Gasteiger partial charge in [-0.1, -0.05) is 25.0 Å². The molecule has 1 aliphatic carbocycles. The molecule has 1 fully saturated rings. The van der Waals surface area contributed by atoms with Gasteiger partial charge in [0, 0.05) is 27.2 Å². The topological polar surface area (TPSA) is 77.0 Å². The van der Waals surface area contributed by atoms with Crippen LogP contribution in [0.15, 0.2) is 17.1 Å². The molecule has 3 N–H and O–H groups in total. The van der Waals surface area contributed by atoms with Crippen molar-refractivity contribution in [3.8, 4) is 5.75 Å². The van der Waals surface area contributed by atoms with Crippen molar-refractivity contribution in [2.75, 3.05) is 27.2 Å². The number of carbonyl (C=O) groups is 1. The first-order chi connectivity index (χ1) is 12.8. The van der Waals surface area contributed by atoms with Crippen molar-refractivity contribution in [3.05, 3.63) is 28.8 Å². The monoisotopic (exact) mass is 374 g/mol. The number of guanidine groups is 1. The van der Waals surface area contributed by atoms with Crippen LogP contribution >= 0.6 is 0 Å². The average molecular weight is 375 g/mol. The van der Waals surface area contributed by atoms with E-state index in [9.17, 15) is 9.90 Å². The number of hydrogen-bond donors (Lipinski definition) is 3. The molecule has 1 aromatic carbocycles. The Hall–Kier alpha value is -2.24. The lowest BCUT2D eigenvalue weighted by molar-refractivity contribution is -0.138. The number of rotatable bonds is 6. The fourth-order valence-corrected chi connectivity index (χ4v) is 3.89. The first-order valence-electron chi connectivity index (χ1n) is 9.82. The summed E-state index contributed by atoms with van der Waals surface area (Å²) in [7, 11) is 3.66. The highest BCUT2D eigenvalue weighted by atomic mass is 16.3. The quantitative estimate of drug-likeness (QED) is 0.529. The van der Waals surface area contributed by atoms with Crippen molar-refractivity contribution >= 4 is 11.9 Å². The van der Waals surface area contributed by atoms with Crippen LogP contribution in [-0.2, 0) is 11.3 Å². The molecule has 27 heavy (non-hydrogen) atoms. The zero-order valence-corrected chi connectivity index (χ0v) is 17.4. The number of aromatic hydroxyl groups is 1. The van der Waals surface area contributed by atoms with Gasteiger partial charge in [-0.3, -0.25) is 4.79 Å². The van der Waals surface area contributed by atoms with Crippen molar-refractivity contribution in [1.82, 2.24) is 15.5 Å². The highest BCUT2D eigenvalue weighted by molar-refractivity contribution is 5.85. The van der Waals surface area contributed by atoms with Gasteiger partial charge in [0.2, 0.25) is 5.91 Å². The predicted octanol–water partition coefficient (Wildman–Crippen LogP) is 2.71. The van der Waals surface area contributed by atoms with E-state index in [1.165, 1.54) is 0 Å². The third kappa shape index (κ3) is 5.15. The van der Waals surface area contributed by atoms with Crippen molar-refractivity contribution in [1.29, 1.82) is 0 Å². The number of nitrogens with one attached hydrogen (secondary N) is 2. The molecule has 1 aromatic rings. The predicted molar refractivity (Wildman–Crippen MR) is 110 cm³/mol. The number of phenols is 1. The Morgan fingerprint density at radius 2 is 1.78 bits per heavy atom. The molecule has 6 nitrogen and oxygen atoms in total. The molecular formula is C21H34N4O2. The first-order valence-corrected chi connectivity index (χ1v) is 9.82. The maximum absolute atomic E-state index is 12.7. The molecule has 2 rings (SSSR count). The van der Waals surface area contributed by atoms with E-state index in [1.807, 2.05) is 47.0 Å². The Balaban J connectivity index is 2.10. The Labute approximate surface area is 163 Å². The van der Waals surface area contributed by atoms with Crippen LogP contribution in [0.4, 0.5) is 0 Å². The second-order valence-electron chi connectivity index (χ2n) is 7.81. The molecule has 0 spiro atoms. The van der Waals surface area contributed by atoms with Gasteiger partial charge in [-0.25, -0.2) is 4.99 Å². The van der Waals surface area contributed by atoms with E-state index < -0.39 is 0 Å². The number of amides is 1. The molecule has 0 saturated heterocycles. The number of hydrogen-bond acceptors (Lipinski definition) is 3. The molecule has 1 saturated carbocycles. The average Bonchev–Trinajstić information content (AvgIpc) is 3.11. The fraction of sp³-hybridized carbons (Fsp3) is 0.619. The molecule has 0 heterocycles. The van der Waals surface area contributed by atoms with Gasteiger partial charge in [0.05, 0.1) is 12.0 Å². The lowest BCUT2D eigenvalue weighted by Gasteiger charge is -2.31. The molecule has 150 valence electrons. The maximum Gasteiger partial charge on any atom is 0.230 e. The van der Waals surface area contributed by atoms with E-state index in [4.69, 9.17) is 0 Å². The highest BCUT2D eigenvalue weighted by Crippen LogP contribution is 2.38. The standard InChI is InChI=1S/C21H34N4O2/c1-6-22-20(23-13-17-11-15(2)18(26)16(3)12-17)24-14-21(9-7-8-10-21)19(27)25(4)5/h11-12,26H,6-10,13-14H2,1-5H3,(H2,22,23,24). The van der Waals surface area contributed by atoms with E-state index in [1.54, 1.807) is 4.90 Å². The van der Waals surface area contributed by atoms with E-state index >= 15 is 0 Å². The zero-order chi connectivity index (χ0) is 20.0. The summed E-state index contributed by atoms with van der Waals surface area (Å²) in [5.74, 6) is 1.27. The smallest absolute Gasteiger partial charge is 0.230 e. The van der Waals surface area contributed by atoms with Crippen LogP contribution in [0.2, 0.25) is 0 Å². The van der Waals surface area contributed by atoms with Crippen LogP contribution < -0.4 is 10.6 Å². The minimum atomic E-state index is -0.328. The van der Waals surface area contributed by atoms with Crippen LogP contribution in [0.25, 0.3) is 0 Å². The summed E-state index contributed by atoms with van der Waals surface area (Å²) in [4.78, 5) is 19.1. The second kappa shape index (κ2) is 9.11. The third-order valence-electron chi connectivity index (χ3n) is 5.33. The van der Waals surface area contributed by atoms with E-state index in [0.717, 1.165) is 54.9 Å². The number of aryl methyl sites for hydroxylation is 2. The number of carbonyl (C=O) groups excluding carboxylic acids is 1. The summed E-state index contributed by atoms with van der Waals surface area (Å²) in [6.07, 6.45) is 4.04. The second-order valence-corrected chi connectivity index (χ2v) is 7.81. The molecule has 1 amide bonds. The fourth-order valence-electron chi connectivity index (χ4n) is 3.89. The Kier molecular flexibility index (Phi) is 7.11. The molecule has 0 aromatic heterocycles. The van der Waals surface area contributed by atoms with Gasteiger partial charge in [-0.2, -0.15) is 0 Å². The molecule has 0 bridgehead atoms. The summed E-state index contributed by atoms with van der Waals surface area (Å²) in [5, 5.41) is 16.6. The molecule has 0 radical (unpaired) electrons. The Morgan fingerprint density at radius 1 is 1.19 bits per heavy atom. The van der Waals surface area contributed by atoms with Crippen LogP contribution in [0, 0.1) is 19.3 Å². The van der Waals surface area contributed by atoms with E-state index in [2.05, 4.69) is 15.6 Å². The minimum Gasteiger partial charge on any atom is -0.507 e. The molecule has 6 heteroatoms. The van der Waals surface area contributed by atoms with Crippen LogP contribution in [0.5, 0.6) is 5.75 Å². The van der Waals surface area contributed by atoms with Gasteiger partial charge in [0.25, 0.3) is 0 Å². The maximum atomic E-state index is 12.7.